The Morgan fingerprint density at radius 3 is 2.65 bits per heavy atom. The maximum absolute atomic E-state index is 12.7. The molecule has 0 saturated carbocycles. The average molecular weight is 349 g/mol. The largest absolute Gasteiger partial charge is 0.478 e. The first kappa shape index (κ1) is 15.4. The van der Waals surface area contributed by atoms with Crippen molar-refractivity contribution in [2.75, 3.05) is 4.72 Å². The van der Waals surface area contributed by atoms with Crippen molar-refractivity contribution < 1.29 is 18.3 Å². The highest BCUT2D eigenvalue weighted by molar-refractivity contribution is 7.93. The van der Waals surface area contributed by atoms with E-state index in [1.54, 1.807) is 31.2 Å². The predicted octanol–water partition coefficient (Wildman–Crippen LogP) is 2.50. The molecule has 9 heteroatoms. The van der Waals surface area contributed by atoms with Gasteiger partial charge in [0.25, 0.3) is 10.0 Å². The summed E-state index contributed by atoms with van der Waals surface area (Å²) in [4.78, 5) is 11.3. The molecule has 1 heterocycles. The maximum Gasteiger partial charge on any atom is 0.337 e. The van der Waals surface area contributed by atoms with Crippen LogP contribution in [0.4, 0.5) is 5.69 Å². The monoisotopic (exact) mass is 349 g/mol. The van der Waals surface area contributed by atoms with Crippen LogP contribution in [0, 0.1) is 6.92 Å². The number of hydrogen-bond donors (Lipinski definition) is 2. The number of fused-ring (bicyclic) bond motifs is 1. The Balaban J connectivity index is 2.13. The van der Waals surface area contributed by atoms with Crippen molar-refractivity contribution in [2.24, 2.45) is 0 Å². The molecule has 0 unspecified atom stereocenters. The smallest absolute Gasteiger partial charge is 0.337 e. The van der Waals surface area contributed by atoms with Crippen LogP contribution in [0.2, 0.25) is 0 Å². The summed E-state index contributed by atoms with van der Waals surface area (Å²) >= 11 is 0.914. The Hall–Kier alpha value is -2.52. The molecule has 0 atom stereocenters. The second kappa shape index (κ2) is 5.60. The molecular formula is C14H11N3O4S2. The van der Waals surface area contributed by atoms with E-state index in [1.165, 1.54) is 12.1 Å². The van der Waals surface area contributed by atoms with E-state index in [2.05, 4.69) is 13.5 Å². The third-order valence-electron chi connectivity index (χ3n) is 3.28. The summed E-state index contributed by atoms with van der Waals surface area (Å²) in [7, 11) is -4.00. The second-order valence-electron chi connectivity index (χ2n) is 4.80. The number of rotatable bonds is 4. The Morgan fingerprint density at radius 1 is 1.17 bits per heavy atom. The third kappa shape index (κ3) is 2.76. The molecule has 0 aliphatic carbocycles. The zero-order valence-corrected chi connectivity index (χ0v) is 13.5. The SMILES string of the molecule is Cc1cccc(C(=O)O)c1NS(=O)(=O)c1cccc2nsnc12. The lowest BCUT2D eigenvalue weighted by Gasteiger charge is -2.13. The molecule has 118 valence electrons. The van der Waals surface area contributed by atoms with Crippen molar-refractivity contribution in [3.05, 3.63) is 47.5 Å². The van der Waals surface area contributed by atoms with Gasteiger partial charge in [0, 0.05) is 0 Å². The lowest BCUT2D eigenvalue weighted by atomic mass is 10.1. The normalized spacial score (nSPS) is 11.5. The van der Waals surface area contributed by atoms with Crippen LogP contribution in [0.1, 0.15) is 15.9 Å². The number of aryl methyl sites for hydroxylation is 1. The quantitative estimate of drug-likeness (QED) is 0.749. The minimum Gasteiger partial charge on any atom is -0.478 e. The molecule has 1 aromatic heterocycles. The fourth-order valence-electron chi connectivity index (χ4n) is 2.17. The molecule has 0 amide bonds. The molecule has 0 radical (unpaired) electrons. The number of anilines is 1. The zero-order chi connectivity index (χ0) is 16.6. The Kier molecular flexibility index (Phi) is 3.74. The highest BCUT2D eigenvalue weighted by atomic mass is 32.2. The number of carboxylic acid groups (broad SMARTS) is 1. The van der Waals surface area contributed by atoms with Gasteiger partial charge in [-0.3, -0.25) is 4.72 Å². The third-order valence-corrected chi connectivity index (χ3v) is 5.20. The summed E-state index contributed by atoms with van der Waals surface area (Å²) in [5, 5.41) is 9.24. The minimum atomic E-state index is -4.00. The van der Waals surface area contributed by atoms with Crippen LogP contribution in [0.5, 0.6) is 0 Å². The van der Waals surface area contributed by atoms with Crippen molar-refractivity contribution in [2.45, 2.75) is 11.8 Å². The summed E-state index contributed by atoms with van der Waals surface area (Å²) in [5.74, 6) is -1.21. The van der Waals surface area contributed by atoms with E-state index in [-0.39, 0.29) is 21.7 Å². The van der Waals surface area contributed by atoms with Crippen LogP contribution in [0.25, 0.3) is 11.0 Å². The van der Waals surface area contributed by atoms with Gasteiger partial charge < -0.3 is 5.11 Å². The van der Waals surface area contributed by atoms with E-state index in [0.717, 1.165) is 11.7 Å². The van der Waals surface area contributed by atoms with E-state index in [4.69, 9.17) is 0 Å². The van der Waals surface area contributed by atoms with Gasteiger partial charge in [0.1, 0.15) is 15.9 Å². The second-order valence-corrected chi connectivity index (χ2v) is 6.98. The summed E-state index contributed by atoms with van der Waals surface area (Å²) in [5.41, 5.74) is 1.17. The van der Waals surface area contributed by atoms with E-state index in [9.17, 15) is 18.3 Å². The standard InChI is InChI=1S/C14H11N3O4S2/c1-8-4-2-5-9(14(18)19)12(8)17-23(20,21)11-7-3-6-10-13(11)16-22-15-10/h2-7,17H,1H3,(H,18,19). The molecule has 0 aliphatic heterocycles. The fraction of sp³-hybridized carbons (Fsp3) is 0.0714. The Bertz CT molecular complexity index is 1010. The maximum atomic E-state index is 12.7. The molecule has 2 aromatic carbocycles. The van der Waals surface area contributed by atoms with Gasteiger partial charge >= 0.3 is 5.97 Å². The molecule has 0 fully saturated rings. The van der Waals surface area contributed by atoms with E-state index in [1.807, 2.05) is 0 Å². The number of carboxylic acids is 1. The van der Waals surface area contributed by atoms with Crippen molar-refractivity contribution in [3.8, 4) is 0 Å². The fourth-order valence-corrected chi connectivity index (χ4v) is 4.09. The number of benzene rings is 2. The van der Waals surface area contributed by atoms with Gasteiger partial charge in [-0.05, 0) is 30.7 Å². The Morgan fingerprint density at radius 2 is 1.91 bits per heavy atom. The zero-order valence-electron chi connectivity index (χ0n) is 11.8. The first-order valence-electron chi connectivity index (χ1n) is 6.47. The number of para-hydroxylation sites is 1. The highest BCUT2D eigenvalue weighted by Crippen LogP contribution is 2.27. The Labute approximate surface area is 136 Å². The molecular weight excluding hydrogens is 338 g/mol. The number of sulfonamides is 1. The van der Waals surface area contributed by atoms with Crippen molar-refractivity contribution in [1.82, 2.24) is 8.75 Å². The van der Waals surface area contributed by atoms with E-state index in [0.29, 0.717) is 11.1 Å². The molecule has 0 saturated heterocycles. The molecule has 23 heavy (non-hydrogen) atoms. The number of aromatic carboxylic acids is 1. The van der Waals surface area contributed by atoms with Gasteiger partial charge in [-0.2, -0.15) is 8.75 Å². The molecule has 0 bridgehead atoms. The topological polar surface area (TPSA) is 109 Å². The van der Waals surface area contributed by atoms with Crippen LogP contribution in [-0.2, 0) is 10.0 Å². The number of nitrogens with one attached hydrogen (secondary N) is 1. The van der Waals surface area contributed by atoms with Gasteiger partial charge in [-0.1, -0.05) is 18.2 Å². The highest BCUT2D eigenvalue weighted by Gasteiger charge is 2.23. The molecule has 3 rings (SSSR count). The van der Waals surface area contributed by atoms with Gasteiger partial charge in [-0.25, -0.2) is 13.2 Å². The molecule has 3 aromatic rings. The van der Waals surface area contributed by atoms with Crippen molar-refractivity contribution in [1.29, 1.82) is 0 Å². The predicted molar refractivity (Wildman–Crippen MR) is 86.4 cm³/mol. The number of carbonyl (C=O) groups is 1. The van der Waals surface area contributed by atoms with Gasteiger partial charge in [0.15, 0.2) is 0 Å². The summed E-state index contributed by atoms with van der Waals surface area (Å²) < 4.78 is 35.7. The van der Waals surface area contributed by atoms with Gasteiger partial charge in [0.2, 0.25) is 0 Å². The van der Waals surface area contributed by atoms with E-state index < -0.39 is 16.0 Å². The van der Waals surface area contributed by atoms with Crippen molar-refractivity contribution >= 4 is 44.4 Å². The first-order valence-corrected chi connectivity index (χ1v) is 8.68. The molecule has 0 spiro atoms. The summed E-state index contributed by atoms with van der Waals surface area (Å²) in [6, 6.07) is 9.17. The van der Waals surface area contributed by atoms with Gasteiger partial charge in [0.05, 0.1) is 23.0 Å². The van der Waals surface area contributed by atoms with Gasteiger partial charge in [-0.15, -0.1) is 0 Å². The van der Waals surface area contributed by atoms with Crippen LogP contribution in [0.15, 0.2) is 41.3 Å². The summed E-state index contributed by atoms with van der Waals surface area (Å²) in [6.45, 7) is 1.63. The van der Waals surface area contributed by atoms with Crippen molar-refractivity contribution in [3.63, 3.8) is 0 Å². The molecule has 2 N–H and O–H groups in total. The molecule has 7 nitrogen and oxygen atoms in total. The van der Waals surface area contributed by atoms with Crippen LogP contribution in [-0.4, -0.2) is 28.2 Å². The summed E-state index contributed by atoms with van der Waals surface area (Å²) in [6.07, 6.45) is 0. The lowest BCUT2D eigenvalue weighted by Crippen LogP contribution is -2.17. The average Bonchev–Trinajstić information content (AvgIpc) is 2.97. The van der Waals surface area contributed by atoms with E-state index >= 15 is 0 Å². The minimum absolute atomic E-state index is 0.0386. The first-order chi connectivity index (χ1) is 10.9. The number of hydrogen-bond acceptors (Lipinski definition) is 6. The van der Waals surface area contributed by atoms with Crippen LogP contribution in [0.3, 0.4) is 0 Å². The van der Waals surface area contributed by atoms with Crippen LogP contribution >= 0.6 is 11.7 Å². The van der Waals surface area contributed by atoms with Crippen LogP contribution < -0.4 is 4.72 Å². The molecule has 0 aliphatic rings. The lowest BCUT2D eigenvalue weighted by molar-refractivity contribution is 0.0698. The number of nitrogens with zero attached hydrogens (tertiary/aromatic N) is 2. The number of aromatic nitrogens is 2.